The summed E-state index contributed by atoms with van der Waals surface area (Å²) in [5.41, 5.74) is 11.2. The lowest BCUT2D eigenvalue weighted by Crippen LogP contribution is -2.19. The summed E-state index contributed by atoms with van der Waals surface area (Å²) in [5, 5.41) is 28.3. The van der Waals surface area contributed by atoms with Crippen molar-refractivity contribution in [2.75, 3.05) is 28.3 Å². The summed E-state index contributed by atoms with van der Waals surface area (Å²) in [5.74, 6) is 6.03. The third-order valence-electron chi connectivity index (χ3n) is 20.2. The van der Waals surface area contributed by atoms with E-state index < -0.39 is 45.9 Å². The Morgan fingerprint density at radius 2 is 0.688 bits per heavy atom. The van der Waals surface area contributed by atoms with Crippen molar-refractivity contribution in [3.8, 4) is 23.5 Å². The molecule has 0 bridgehead atoms. The largest absolute Gasteiger partial charge is 0.481 e. The van der Waals surface area contributed by atoms with Crippen LogP contribution in [0.25, 0.3) is 0 Å². The fraction of sp³-hybridized carbons (Fsp3) is 0.458. The molecule has 0 aliphatic rings. The van der Waals surface area contributed by atoms with Crippen molar-refractivity contribution in [2.45, 2.75) is 264 Å². The van der Waals surface area contributed by atoms with Crippen LogP contribution in [0.1, 0.15) is 346 Å². The van der Waals surface area contributed by atoms with Crippen molar-refractivity contribution in [1.82, 2.24) is 98.3 Å². The number of alkyl halides is 1. The Morgan fingerprint density at radius 3 is 1.05 bits per heavy atom. The molecule has 0 unspecified atom stereocenters. The summed E-state index contributed by atoms with van der Waals surface area (Å²) in [6, 6.07) is 32.0. The summed E-state index contributed by atoms with van der Waals surface area (Å²) < 4.78 is 122. The SMILES string of the molecule is CC(C)c1cc(=O)[nH]cn1.CC(C)c1cc(=O)n(C)cn1.CC(C)c1cc[nH]c(=O)c1.CC(C)c1ccn(C)c(=O)c1.CC(C)c1ccn(CF)c(=O)c1.CC(C)c1cn[nH]c(=O)c1.CC(C)c1cnn(C)c(=O)c1.COc1cc(C(C)C)ccn1.COc1cc(C(C)C)cnn1.[2H]C([2H])([2H])Oc1cc(C(C)C)ccn1.[2H]C([2H])([2H])Oc1cc(C(C)C)cnn1.[2H]C([2H])([2H])n1ccc(C(C)C)cc1=O.[2H]C([2H])([2H])n1ncc(C(C)C)cc1=O. The highest BCUT2D eigenvalue weighted by Gasteiger charge is 2.10. The highest BCUT2D eigenvalue weighted by Crippen LogP contribution is 2.22. The molecule has 0 atom stereocenters. The predicted octanol–water partition coefficient (Wildman–Crippen LogP) is 18.6. The molecule has 34 heteroatoms. The lowest BCUT2D eigenvalue weighted by atomic mass is 10.1. The van der Waals surface area contributed by atoms with Crippen molar-refractivity contribution in [2.24, 2.45) is 35.1 Å². The summed E-state index contributed by atoms with van der Waals surface area (Å²) >= 11 is 0. The molecule has 33 nitrogen and oxygen atoms in total. The van der Waals surface area contributed by atoms with E-state index in [0.717, 1.165) is 76.2 Å². The maximum absolute atomic E-state index is 12.1. The zero-order chi connectivity index (χ0) is 117. The number of aryl methyl sites for hydroxylation is 5. The van der Waals surface area contributed by atoms with Crippen molar-refractivity contribution >= 4 is 0 Å². The summed E-state index contributed by atoms with van der Waals surface area (Å²) in [4.78, 5) is 120. The van der Waals surface area contributed by atoms with E-state index in [0.29, 0.717) is 75.6 Å². The van der Waals surface area contributed by atoms with Crippen molar-refractivity contribution in [3.63, 3.8) is 0 Å². The molecule has 13 aromatic rings. The molecule has 0 spiro atoms. The second-order valence-electron chi connectivity index (χ2n) is 35.9. The highest BCUT2D eigenvalue weighted by atomic mass is 19.1. The van der Waals surface area contributed by atoms with Gasteiger partial charge in [0.1, 0.15) is 0 Å². The molecule has 3 N–H and O–H groups in total. The molecular formula is C107H155FN20O13. The molecule has 0 saturated carbocycles. The Bertz CT molecular complexity index is 6390. The molecule has 0 fully saturated rings. The number of rotatable bonds is 18. The van der Waals surface area contributed by atoms with E-state index in [1.165, 1.54) is 64.0 Å². The van der Waals surface area contributed by atoms with E-state index in [1.54, 1.807) is 150 Å². The zero-order valence-corrected chi connectivity index (χ0v) is 87.5. The molecule has 13 aromatic heterocycles. The molecule has 0 radical (unpaired) electrons. The lowest BCUT2D eigenvalue weighted by molar-refractivity contribution is 0.368. The monoisotopic (exact) mass is 1960 g/mol. The second-order valence-corrected chi connectivity index (χ2v) is 35.9. The molecule has 0 saturated heterocycles. The molecule has 0 aromatic carbocycles. The van der Waals surface area contributed by atoms with Gasteiger partial charge in [0.15, 0.2) is 6.80 Å². The minimum atomic E-state index is -2.49. The highest BCUT2D eigenvalue weighted by molar-refractivity contribution is 5.26. The minimum absolute atomic E-state index is 0.00343. The molecular weight excluding hydrogens is 1790 g/mol. The number of aromatic amines is 3. The van der Waals surface area contributed by atoms with Crippen LogP contribution in [0, 0.1) is 0 Å². The molecule has 768 valence electrons. The Kier molecular flexibility index (Phi) is 49.0. The van der Waals surface area contributed by atoms with Crippen LogP contribution >= 0.6 is 0 Å². The van der Waals surface area contributed by atoms with E-state index in [-0.39, 0.29) is 68.4 Å². The third-order valence-corrected chi connectivity index (χ3v) is 20.2. The topological polar surface area (TPSA) is 409 Å². The van der Waals surface area contributed by atoms with E-state index in [4.69, 9.17) is 25.9 Å². The maximum Gasteiger partial charge on any atom is 0.266 e. The van der Waals surface area contributed by atoms with Gasteiger partial charge in [-0.2, -0.15) is 25.5 Å². The Morgan fingerprint density at radius 1 is 0.326 bits per heavy atom. The molecule has 141 heavy (non-hydrogen) atoms. The molecule has 0 aliphatic carbocycles. The first kappa shape index (κ1) is 104. The first-order chi connectivity index (χ1) is 70.9. The first-order valence-electron chi connectivity index (χ1n) is 52.1. The van der Waals surface area contributed by atoms with Crippen LogP contribution in [0.5, 0.6) is 23.5 Å². The third kappa shape index (κ3) is 50.3. The van der Waals surface area contributed by atoms with Gasteiger partial charge in [-0.1, -0.05) is 180 Å². The van der Waals surface area contributed by atoms with Crippen molar-refractivity contribution < 1.29 is 39.8 Å². The molecule has 0 amide bonds. The fourth-order valence-electron chi connectivity index (χ4n) is 10.6. The van der Waals surface area contributed by atoms with Gasteiger partial charge in [-0.05, 0) is 175 Å². The number of hydrogen-bond acceptors (Lipinski definition) is 24. The van der Waals surface area contributed by atoms with E-state index in [1.807, 2.05) is 161 Å². The average molecular weight is 1960 g/mol. The van der Waals surface area contributed by atoms with Gasteiger partial charge in [0.25, 0.3) is 44.5 Å². The van der Waals surface area contributed by atoms with Crippen LogP contribution in [0.3, 0.4) is 0 Å². The van der Waals surface area contributed by atoms with Crippen LogP contribution in [-0.2, 0) is 41.9 Å². The van der Waals surface area contributed by atoms with Gasteiger partial charge in [0.2, 0.25) is 29.1 Å². The average Bonchev–Trinajstić information content (AvgIpc) is 0.823. The Balaban J connectivity index is 0.000000830. The van der Waals surface area contributed by atoms with Gasteiger partial charge < -0.3 is 42.6 Å². The summed E-state index contributed by atoms with van der Waals surface area (Å²) in [6.45, 7) is 47.1. The van der Waals surface area contributed by atoms with Gasteiger partial charge in [0.05, 0.1) is 91.5 Å². The number of nitrogens with one attached hydrogen (secondary N) is 3. The van der Waals surface area contributed by atoms with Crippen molar-refractivity contribution in [1.29, 1.82) is 0 Å². The fourth-order valence-corrected chi connectivity index (χ4v) is 10.6. The number of pyridine rings is 6. The van der Waals surface area contributed by atoms with Crippen molar-refractivity contribution in [3.05, 3.63) is 362 Å². The zero-order valence-electron chi connectivity index (χ0n) is 99.5. The number of ether oxygens (including phenoxy) is 4. The molecule has 13 rings (SSSR count). The molecule has 13 heterocycles. The van der Waals surface area contributed by atoms with Crippen LogP contribution in [0.2, 0.25) is 0 Å². The van der Waals surface area contributed by atoms with Gasteiger partial charge in [-0.25, -0.2) is 38.8 Å². The van der Waals surface area contributed by atoms with Gasteiger partial charge >= 0.3 is 0 Å². The van der Waals surface area contributed by atoms with E-state index >= 15 is 0 Å². The maximum atomic E-state index is 12.1. The van der Waals surface area contributed by atoms with Crippen LogP contribution in [0.4, 0.5) is 4.39 Å². The Hall–Kier alpha value is -14.2. The minimum Gasteiger partial charge on any atom is -0.481 e. The number of methoxy groups -OCH3 is 4. The number of aromatic nitrogens is 20. The van der Waals surface area contributed by atoms with Gasteiger partial charge in [-0.15, -0.1) is 10.2 Å². The van der Waals surface area contributed by atoms with Gasteiger partial charge in [-0.3, -0.25) is 47.7 Å². The number of nitrogens with zero attached hydrogens (tertiary/aromatic N) is 17. The van der Waals surface area contributed by atoms with Crippen LogP contribution in [-0.4, -0.2) is 127 Å². The summed E-state index contributed by atoms with van der Waals surface area (Å²) in [7, 11) is 3.42. The second kappa shape index (κ2) is 66.4. The van der Waals surface area contributed by atoms with Crippen LogP contribution < -0.4 is 69.0 Å². The normalized spacial score (nSPS) is 12.0. The Labute approximate surface area is 846 Å². The quantitative estimate of drug-likeness (QED) is 0.0718. The number of H-pyrrole nitrogens is 3. The summed E-state index contributed by atoms with van der Waals surface area (Å²) in [6.07, 6.45) is 20.8. The molecule has 0 aliphatic heterocycles. The van der Waals surface area contributed by atoms with E-state index in [9.17, 15) is 47.5 Å². The van der Waals surface area contributed by atoms with Crippen LogP contribution in [0.15, 0.2) is 239 Å². The number of hydrogen-bond donors (Lipinski definition) is 3. The number of halogens is 1. The standard InChI is InChI=1S/C9H12FNO.4C9H13NO.5C8H12N2O.C8H11NO.2C7H10N2O/c1-7(2)8-3-4-11(6-10)9(12)5-8;2*1-7(2)8-4-5-10-9(6-8)11-3;2*1-7(2)8-4-5-10(3)9(11)6-8;1-6(2)7-4-8(11)10(3)5-9-7;2*1-6(2)7-4-8(11-3)10-9-5-7;2*1-6(2)7-4-8(11)10(3)9-5-7;1-6(2)7-3-4-9-8(10)5-7;1-5(2)6-3-7(10)9-4-8-6;1-5(2)6-3-7(10)9-8-4-6/h3-5,7H,6H2,1-2H3;4*4-7H,1-3H3;5*4-6H,1-3H3;3-6H,1-2H3,(H,9,10);3-5H,1-2H3,(H,8,9,10);3-5H,1-2H3,(H,9,10)/i;3D3;;3D3;;;3D3;;3D3;;;;. The predicted molar refractivity (Wildman–Crippen MR) is 562 cm³/mol. The lowest BCUT2D eigenvalue weighted by Gasteiger charge is -2.05. The smallest absolute Gasteiger partial charge is 0.266 e. The van der Waals surface area contributed by atoms with Gasteiger partial charge in [0, 0.05) is 159 Å². The first-order valence-corrected chi connectivity index (χ1v) is 46.1. The van der Waals surface area contributed by atoms with E-state index in [2.05, 4.69) is 136 Å².